The molecule has 0 radical (unpaired) electrons. The van der Waals surface area contributed by atoms with E-state index < -0.39 is 0 Å². The maximum Gasteiger partial charge on any atom is 0.196 e. The molecule has 21 heavy (non-hydrogen) atoms. The number of halogens is 2. The van der Waals surface area contributed by atoms with Gasteiger partial charge in [-0.05, 0) is 36.2 Å². The Balaban J connectivity index is 2.05. The zero-order valence-corrected chi connectivity index (χ0v) is 13.9. The highest BCUT2D eigenvalue weighted by Crippen LogP contribution is 2.37. The summed E-state index contributed by atoms with van der Waals surface area (Å²) in [5.41, 5.74) is 9.34. The largest absolute Gasteiger partial charge is 0.369 e. The third-order valence-electron chi connectivity index (χ3n) is 3.61. The minimum Gasteiger partial charge on any atom is -0.369 e. The number of anilines is 1. The molecule has 0 aliphatic carbocycles. The molecule has 1 aliphatic rings. The van der Waals surface area contributed by atoms with Crippen LogP contribution in [0.1, 0.15) is 17.2 Å². The molecule has 0 spiro atoms. The number of nitrogens with two attached hydrogens (primary N) is 1. The Labute approximate surface area is 137 Å². The number of nitrogens with zero attached hydrogens (tertiary/aromatic N) is 2. The highest BCUT2D eigenvalue weighted by atomic mass is 79.9. The number of aryl methyl sites for hydroxylation is 1. The maximum atomic E-state index is 6.32. The lowest BCUT2D eigenvalue weighted by Gasteiger charge is -2.28. The standard InChI is InChI=1S/C16H15BrClN3/c1-10-6-7-11(12(17)8-10)15-9-20-16(19)21(15)14-5-3-2-4-13(14)18/h2-8,15H,9H2,1H3,(H2,19,20). The van der Waals surface area contributed by atoms with E-state index in [2.05, 4.69) is 46.0 Å². The molecule has 0 amide bonds. The van der Waals surface area contributed by atoms with Crippen LogP contribution in [0.5, 0.6) is 0 Å². The molecule has 2 aromatic rings. The van der Waals surface area contributed by atoms with E-state index in [9.17, 15) is 0 Å². The van der Waals surface area contributed by atoms with Crippen molar-refractivity contribution in [2.45, 2.75) is 13.0 Å². The molecule has 1 heterocycles. The highest BCUT2D eigenvalue weighted by Gasteiger charge is 2.31. The highest BCUT2D eigenvalue weighted by molar-refractivity contribution is 9.10. The molecule has 0 saturated carbocycles. The molecule has 1 atom stereocenters. The van der Waals surface area contributed by atoms with Crippen molar-refractivity contribution in [3.05, 3.63) is 63.1 Å². The van der Waals surface area contributed by atoms with Gasteiger partial charge in [-0.25, -0.2) is 0 Å². The molecule has 1 unspecified atom stereocenters. The van der Waals surface area contributed by atoms with Crippen LogP contribution in [0.3, 0.4) is 0 Å². The van der Waals surface area contributed by atoms with Crippen LogP contribution in [-0.2, 0) is 0 Å². The first kappa shape index (κ1) is 14.4. The second kappa shape index (κ2) is 5.70. The van der Waals surface area contributed by atoms with Crippen molar-refractivity contribution in [2.24, 2.45) is 10.7 Å². The first-order chi connectivity index (χ1) is 10.1. The number of aliphatic imine (C=N–C) groups is 1. The molecule has 1 aliphatic heterocycles. The van der Waals surface area contributed by atoms with Crippen molar-refractivity contribution in [3.8, 4) is 0 Å². The van der Waals surface area contributed by atoms with Crippen molar-refractivity contribution >= 4 is 39.2 Å². The summed E-state index contributed by atoms with van der Waals surface area (Å²) >= 11 is 9.97. The van der Waals surface area contributed by atoms with Gasteiger partial charge in [0.1, 0.15) is 0 Å². The lowest BCUT2D eigenvalue weighted by molar-refractivity contribution is 0.764. The SMILES string of the molecule is Cc1ccc(C2CN=C(N)N2c2ccccc2Cl)c(Br)c1. The van der Waals surface area contributed by atoms with E-state index in [0.29, 0.717) is 17.5 Å². The van der Waals surface area contributed by atoms with Gasteiger partial charge in [-0.1, -0.05) is 51.8 Å². The first-order valence-electron chi connectivity index (χ1n) is 6.67. The van der Waals surface area contributed by atoms with Gasteiger partial charge in [0.25, 0.3) is 0 Å². The van der Waals surface area contributed by atoms with Gasteiger partial charge < -0.3 is 10.6 Å². The quantitative estimate of drug-likeness (QED) is 0.864. The summed E-state index contributed by atoms with van der Waals surface area (Å²) < 4.78 is 1.06. The van der Waals surface area contributed by atoms with Gasteiger partial charge in [-0.2, -0.15) is 0 Å². The smallest absolute Gasteiger partial charge is 0.196 e. The van der Waals surface area contributed by atoms with Crippen LogP contribution in [-0.4, -0.2) is 12.5 Å². The van der Waals surface area contributed by atoms with E-state index in [1.165, 1.54) is 5.56 Å². The fourth-order valence-electron chi connectivity index (χ4n) is 2.58. The van der Waals surface area contributed by atoms with Crippen LogP contribution in [0.15, 0.2) is 51.9 Å². The van der Waals surface area contributed by atoms with E-state index >= 15 is 0 Å². The molecule has 3 rings (SSSR count). The third-order valence-corrected chi connectivity index (χ3v) is 4.62. The Morgan fingerprint density at radius 1 is 1.29 bits per heavy atom. The van der Waals surface area contributed by atoms with Gasteiger partial charge in [0, 0.05) is 4.47 Å². The van der Waals surface area contributed by atoms with Gasteiger partial charge in [0.15, 0.2) is 5.96 Å². The van der Waals surface area contributed by atoms with E-state index in [1.807, 2.05) is 29.2 Å². The van der Waals surface area contributed by atoms with Gasteiger partial charge in [0.05, 0.1) is 23.3 Å². The lowest BCUT2D eigenvalue weighted by atomic mass is 10.0. The van der Waals surface area contributed by atoms with E-state index in [1.54, 1.807) is 0 Å². The van der Waals surface area contributed by atoms with Crippen LogP contribution in [0.25, 0.3) is 0 Å². The van der Waals surface area contributed by atoms with Crippen LogP contribution in [0.4, 0.5) is 5.69 Å². The van der Waals surface area contributed by atoms with Crippen molar-refractivity contribution < 1.29 is 0 Å². The Kier molecular flexibility index (Phi) is 3.91. The Morgan fingerprint density at radius 2 is 2.05 bits per heavy atom. The second-order valence-electron chi connectivity index (χ2n) is 5.06. The summed E-state index contributed by atoms with van der Waals surface area (Å²) in [6.07, 6.45) is 0. The third kappa shape index (κ3) is 2.65. The number of para-hydroxylation sites is 1. The van der Waals surface area contributed by atoms with E-state index in [-0.39, 0.29) is 6.04 Å². The van der Waals surface area contributed by atoms with Gasteiger partial charge in [0.2, 0.25) is 0 Å². The molecule has 0 aromatic heterocycles. The first-order valence-corrected chi connectivity index (χ1v) is 7.85. The van der Waals surface area contributed by atoms with Gasteiger partial charge in [-0.15, -0.1) is 0 Å². The summed E-state index contributed by atoms with van der Waals surface area (Å²) in [5, 5.41) is 0.672. The summed E-state index contributed by atoms with van der Waals surface area (Å²) in [4.78, 5) is 6.40. The van der Waals surface area contributed by atoms with Crippen LogP contribution < -0.4 is 10.6 Å². The molecule has 3 nitrogen and oxygen atoms in total. The average molecular weight is 365 g/mol. The number of hydrogen-bond donors (Lipinski definition) is 1. The lowest BCUT2D eigenvalue weighted by Crippen LogP contribution is -2.36. The molecular weight excluding hydrogens is 350 g/mol. The fourth-order valence-corrected chi connectivity index (χ4v) is 3.56. The summed E-state index contributed by atoms with van der Waals surface area (Å²) in [7, 11) is 0. The summed E-state index contributed by atoms with van der Waals surface area (Å²) in [6, 6.07) is 14.1. The predicted octanol–water partition coefficient (Wildman–Crippen LogP) is 4.29. The molecule has 0 saturated heterocycles. The molecule has 108 valence electrons. The molecule has 5 heteroatoms. The zero-order chi connectivity index (χ0) is 15.0. The Hall–Kier alpha value is -1.52. The zero-order valence-electron chi connectivity index (χ0n) is 11.6. The number of hydrogen-bond acceptors (Lipinski definition) is 3. The van der Waals surface area contributed by atoms with Gasteiger partial charge in [-0.3, -0.25) is 4.99 Å². The predicted molar refractivity (Wildman–Crippen MR) is 92.0 cm³/mol. The minimum absolute atomic E-state index is 0.0554. The molecule has 0 bridgehead atoms. The topological polar surface area (TPSA) is 41.6 Å². The van der Waals surface area contributed by atoms with Crippen LogP contribution >= 0.6 is 27.5 Å². The van der Waals surface area contributed by atoms with Gasteiger partial charge >= 0.3 is 0 Å². The van der Waals surface area contributed by atoms with Crippen LogP contribution in [0, 0.1) is 6.92 Å². The normalized spacial score (nSPS) is 18.0. The van der Waals surface area contributed by atoms with Crippen molar-refractivity contribution in [2.75, 3.05) is 11.4 Å². The minimum atomic E-state index is 0.0554. The molecule has 0 fully saturated rings. The van der Waals surface area contributed by atoms with Crippen molar-refractivity contribution in [3.63, 3.8) is 0 Å². The van der Waals surface area contributed by atoms with Crippen molar-refractivity contribution in [1.82, 2.24) is 0 Å². The number of benzene rings is 2. The average Bonchev–Trinajstić information content (AvgIpc) is 2.81. The number of rotatable bonds is 2. The number of guanidine groups is 1. The Morgan fingerprint density at radius 3 is 2.76 bits per heavy atom. The maximum absolute atomic E-state index is 6.32. The summed E-state index contributed by atoms with van der Waals surface area (Å²) in [5.74, 6) is 0.501. The van der Waals surface area contributed by atoms with Crippen LogP contribution in [0.2, 0.25) is 5.02 Å². The van der Waals surface area contributed by atoms with E-state index in [0.717, 1.165) is 15.7 Å². The fraction of sp³-hybridized carbons (Fsp3) is 0.188. The van der Waals surface area contributed by atoms with Crippen molar-refractivity contribution in [1.29, 1.82) is 0 Å². The molecule has 2 aromatic carbocycles. The monoisotopic (exact) mass is 363 g/mol. The second-order valence-corrected chi connectivity index (χ2v) is 6.32. The molecular formula is C16H15BrClN3. The summed E-state index contributed by atoms with van der Waals surface area (Å²) in [6.45, 7) is 2.69. The van der Waals surface area contributed by atoms with E-state index in [4.69, 9.17) is 17.3 Å². The molecule has 2 N–H and O–H groups in total. The Bertz CT molecular complexity index is 714.